The first-order valence-electron chi connectivity index (χ1n) is 10.8. The van der Waals surface area contributed by atoms with Gasteiger partial charge in [0.15, 0.2) is 0 Å². The summed E-state index contributed by atoms with van der Waals surface area (Å²) in [4.78, 5) is 10.2. The molecular formula is C22H46N2O2. The zero-order valence-corrected chi connectivity index (χ0v) is 18.0. The predicted molar refractivity (Wildman–Crippen MR) is 112 cm³/mol. The molecule has 1 fully saturated rings. The van der Waals surface area contributed by atoms with Crippen molar-refractivity contribution in [1.82, 2.24) is 0 Å². The van der Waals surface area contributed by atoms with Gasteiger partial charge in [-0.1, -0.05) is 79.1 Å². The van der Waals surface area contributed by atoms with Gasteiger partial charge in [0.1, 0.15) is 0 Å². The molecule has 5 N–H and O–H groups in total. The maximum absolute atomic E-state index is 10.2. The SMILES string of the molecule is CC1(C)CC(N)CC(C)(CN)C1.CCCCCCCCCCCC(=O)O. The zero-order valence-electron chi connectivity index (χ0n) is 18.0. The van der Waals surface area contributed by atoms with Crippen molar-refractivity contribution in [3.8, 4) is 0 Å². The number of carbonyl (C=O) groups is 1. The van der Waals surface area contributed by atoms with Crippen molar-refractivity contribution in [3.05, 3.63) is 0 Å². The molecule has 0 spiro atoms. The van der Waals surface area contributed by atoms with E-state index in [1.807, 2.05) is 0 Å². The minimum atomic E-state index is -0.659. The van der Waals surface area contributed by atoms with Gasteiger partial charge in [-0.15, -0.1) is 0 Å². The first-order chi connectivity index (χ1) is 12.1. The highest BCUT2D eigenvalue weighted by atomic mass is 16.4. The van der Waals surface area contributed by atoms with Gasteiger partial charge in [0.05, 0.1) is 0 Å². The van der Waals surface area contributed by atoms with E-state index in [1.54, 1.807) is 0 Å². The van der Waals surface area contributed by atoms with Gasteiger partial charge in [0.25, 0.3) is 0 Å². The summed E-state index contributed by atoms with van der Waals surface area (Å²) in [6.45, 7) is 9.84. The number of hydrogen-bond acceptors (Lipinski definition) is 3. The van der Waals surface area contributed by atoms with Crippen molar-refractivity contribution in [2.75, 3.05) is 6.54 Å². The zero-order chi connectivity index (χ0) is 20.1. The molecule has 0 aromatic heterocycles. The summed E-state index contributed by atoms with van der Waals surface area (Å²) in [6.07, 6.45) is 14.9. The molecule has 156 valence electrons. The van der Waals surface area contributed by atoms with Crippen molar-refractivity contribution in [2.45, 2.75) is 117 Å². The molecule has 1 aliphatic carbocycles. The quantitative estimate of drug-likeness (QED) is 0.420. The molecular weight excluding hydrogens is 324 g/mol. The Bertz CT molecular complexity index is 371. The topological polar surface area (TPSA) is 89.3 Å². The molecule has 1 saturated carbocycles. The summed E-state index contributed by atoms with van der Waals surface area (Å²) in [6, 6.07) is 0.349. The highest BCUT2D eigenvalue weighted by Gasteiger charge is 2.38. The van der Waals surface area contributed by atoms with Crippen LogP contribution in [0.1, 0.15) is 111 Å². The molecule has 0 heterocycles. The Morgan fingerprint density at radius 2 is 1.46 bits per heavy atom. The molecule has 0 aromatic carbocycles. The number of rotatable bonds is 11. The first-order valence-corrected chi connectivity index (χ1v) is 10.8. The monoisotopic (exact) mass is 370 g/mol. The van der Waals surface area contributed by atoms with E-state index in [9.17, 15) is 4.79 Å². The van der Waals surface area contributed by atoms with Gasteiger partial charge in [-0.3, -0.25) is 4.79 Å². The molecule has 2 unspecified atom stereocenters. The van der Waals surface area contributed by atoms with Gasteiger partial charge in [-0.05, 0) is 43.1 Å². The fourth-order valence-corrected chi connectivity index (χ4v) is 4.46. The van der Waals surface area contributed by atoms with Gasteiger partial charge < -0.3 is 16.6 Å². The lowest BCUT2D eigenvalue weighted by molar-refractivity contribution is -0.137. The highest BCUT2D eigenvalue weighted by molar-refractivity contribution is 5.66. The maximum Gasteiger partial charge on any atom is 0.303 e. The summed E-state index contributed by atoms with van der Waals surface area (Å²) in [5.74, 6) is -0.659. The molecule has 26 heavy (non-hydrogen) atoms. The Labute approximate surface area is 162 Å². The van der Waals surface area contributed by atoms with Crippen molar-refractivity contribution in [2.24, 2.45) is 22.3 Å². The van der Waals surface area contributed by atoms with E-state index in [0.717, 1.165) is 32.2 Å². The van der Waals surface area contributed by atoms with Crippen LogP contribution < -0.4 is 11.5 Å². The molecule has 1 rings (SSSR count). The third-order valence-electron chi connectivity index (χ3n) is 5.46. The molecule has 0 radical (unpaired) electrons. The van der Waals surface area contributed by atoms with Crippen LogP contribution in [-0.2, 0) is 4.79 Å². The second kappa shape index (κ2) is 13.5. The van der Waals surface area contributed by atoms with Crippen LogP contribution in [0.4, 0.5) is 0 Å². The van der Waals surface area contributed by atoms with Crippen LogP contribution in [0.3, 0.4) is 0 Å². The second-order valence-corrected chi connectivity index (χ2v) is 9.50. The van der Waals surface area contributed by atoms with Gasteiger partial charge in [0, 0.05) is 12.5 Å². The van der Waals surface area contributed by atoms with E-state index in [4.69, 9.17) is 16.6 Å². The molecule has 0 saturated heterocycles. The summed E-state index contributed by atoms with van der Waals surface area (Å²) >= 11 is 0. The molecule has 0 bridgehead atoms. The normalized spacial score (nSPS) is 24.6. The highest BCUT2D eigenvalue weighted by Crippen LogP contribution is 2.44. The standard InChI is InChI=1S/C12H24O2.C10H22N2/c1-2-3-4-5-6-7-8-9-10-11-12(13)14;1-9(2)4-8(12)5-10(3,6-9)7-11/h2-11H2,1H3,(H,13,14);8H,4-7,11-12H2,1-3H3. The van der Waals surface area contributed by atoms with Gasteiger partial charge in [-0.25, -0.2) is 0 Å². The average molecular weight is 371 g/mol. The molecule has 0 amide bonds. The Kier molecular flexibility index (Phi) is 13.2. The lowest BCUT2D eigenvalue weighted by Crippen LogP contribution is -2.45. The molecule has 1 aliphatic rings. The number of carboxylic acid groups (broad SMARTS) is 1. The van der Waals surface area contributed by atoms with Gasteiger partial charge in [-0.2, -0.15) is 0 Å². The van der Waals surface area contributed by atoms with Crippen LogP contribution in [0.25, 0.3) is 0 Å². The summed E-state index contributed by atoms with van der Waals surface area (Å²) in [5.41, 5.74) is 12.4. The Morgan fingerprint density at radius 3 is 1.88 bits per heavy atom. The minimum Gasteiger partial charge on any atom is -0.481 e. The van der Waals surface area contributed by atoms with E-state index in [2.05, 4.69) is 27.7 Å². The minimum absolute atomic E-state index is 0.279. The largest absolute Gasteiger partial charge is 0.481 e. The Hall–Kier alpha value is -0.610. The van der Waals surface area contributed by atoms with E-state index in [0.29, 0.717) is 17.9 Å². The fraction of sp³-hybridized carbons (Fsp3) is 0.955. The smallest absolute Gasteiger partial charge is 0.303 e. The van der Waals surface area contributed by atoms with Crippen LogP contribution in [0.15, 0.2) is 0 Å². The van der Waals surface area contributed by atoms with Crippen LogP contribution in [0.2, 0.25) is 0 Å². The summed E-state index contributed by atoms with van der Waals surface area (Å²) in [5, 5.41) is 8.41. The Morgan fingerprint density at radius 1 is 0.962 bits per heavy atom. The third-order valence-corrected chi connectivity index (χ3v) is 5.46. The van der Waals surface area contributed by atoms with Crippen molar-refractivity contribution < 1.29 is 9.90 Å². The first kappa shape index (κ1) is 25.4. The number of carboxylic acids is 1. The number of unbranched alkanes of at least 4 members (excludes halogenated alkanes) is 8. The summed E-state index contributed by atoms with van der Waals surface area (Å²) in [7, 11) is 0. The maximum atomic E-state index is 10.2. The third kappa shape index (κ3) is 13.6. The van der Waals surface area contributed by atoms with Gasteiger partial charge in [0.2, 0.25) is 0 Å². The lowest BCUT2D eigenvalue weighted by atomic mass is 9.63. The average Bonchev–Trinajstić information content (AvgIpc) is 2.51. The fourth-order valence-electron chi connectivity index (χ4n) is 4.46. The van der Waals surface area contributed by atoms with E-state index in [1.165, 1.54) is 51.4 Å². The lowest BCUT2D eigenvalue weighted by Gasteiger charge is -2.45. The van der Waals surface area contributed by atoms with Crippen molar-refractivity contribution in [3.63, 3.8) is 0 Å². The molecule has 4 nitrogen and oxygen atoms in total. The van der Waals surface area contributed by atoms with E-state index in [-0.39, 0.29) is 5.41 Å². The van der Waals surface area contributed by atoms with Crippen molar-refractivity contribution in [1.29, 1.82) is 0 Å². The number of nitrogens with two attached hydrogens (primary N) is 2. The van der Waals surface area contributed by atoms with Crippen LogP contribution in [0, 0.1) is 10.8 Å². The van der Waals surface area contributed by atoms with Crippen LogP contribution in [-0.4, -0.2) is 23.7 Å². The Balaban J connectivity index is 0.000000485. The van der Waals surface area contributed by atoms with E-state index >= 15 is 0 Å². The molecule has 4 heteroatoms. The summed E-state index contributed by atoms with van der Waals surface area (Å²) < 4.78 is 0. The predicted octanol–water partition coefficient (Wildman–Crippen LogP) is 5.48. The number of aliphatic carboxylic acids is 1. The molecule has 2 atom stereocenters. The molecule has 0 aromatic rings. The number of hydrogen-bond donors (Lipinski definition) is 3. The van der Waals surface area contributed by atoms with E-state index < -0.39 is 5.97 Å². The molecule has 0 aliphatic heterocycles. The van der Waals surface area contributed by atoms with Crippen LogP contribution in [0.5, 0.6) is 0 Å². The second-order valence-electron chi connectivity index (χ2n) is 9.50. The van der Waals surface area contributed by atoms with Crippen LogP contribution >= 0.6 is 0 Å². The van der Waals surface area contributed by atoms with Gasteiger partial charge >= 0.3 is 5.97 Å². The van der Waals surface area contributed by atoms with Crippen molar-refractivity contribution >= 4 is 5.97 Å².